The van der Waals surface area contributed by atoms with Crippen LogP contribution in [-0.2, 0) is 4.79 Å². The molecule has 2 rings (SSSR count). The van der Waals surface area contributed by atoms with Crippen LogP contribution in [0.15, 0.2) is 0 Å². The number of aliphatic hydroxyl groups is 1. The van der Waals surface area contributed by atoms with Gasteiger partial charge in [-0.2, -0.15) is 0 Å². The Morgan fingerprint density at radius 1 is 1.82 bits per heavy atom. The van der Waals surface area contributed by atoms with Gasteiger partial charge in [0, 0.05) is 11.8 Å². The third kappa shape index (κ3) is 0.588. The van der Waals surface area contributed by atoms with Crippen molar-refractivity contribution in [2.75, 3.05) is 6.61 Å². The summed E-state index contributed by atoms with van der Waals surface area (Å²) in [6, 6.07) is -0.359. The molecule has 2 fully saturated rings. The van der Waals surface area contributed by atoms with E-state index >= 15 is 0 Å². The van der Waals surface area contributed by atoms with E-state index in [1.165, 1.54) is 0 Å². The summed E-state index contributed by atoms with van der Waals surface area (Å²) in [7, 11) is 0. The lowest BCUT2D eigenvalue weighted by atomic mass is 10.2. The minimum Gasteiger partial charge on any atom is -0.394 e. The lowest BCUT2D eigenvalue weighted by Gasteiger charge is -2.09. The van der Waals surface area contributed by atoms with E-state index in [0.717, 1.165) is 0 Å². The number of amides is 1. The summed E-state index contributed by atoms with van der Waals surface area (Å²) in [5.41, 5.74) is -1.66. The Morgan fingerprint density at radius 3 is 2.73 bits per heavy atom. The Hall–Kier alpha value is -0.640. The van der Waals surface area contributed by atoms with Crippen LogP contribution in [0, 0.1) is 11.8 Å². The fourth-order valence-electron chi connectivity index (χ4n) is 2.08. The van der Waals surface area contributed by atoms with Gasteiger partial charge in [0.1, 0.15) is 0 Å². The molecule has 1 aliphatic heterocycles. The van der Waals surface area contributed by atoms with Crippen molar-refractivity contribution in [2.24, 2.45) is 11.8 Å². The van der Waals surface area contributed by atoms with E-state index in [2.05, 4.69) is 5.32 Å². The summed E-state index contributed by atoms with van der Waals surface area (Å²) in [6.45, 7) is 1.54. The molecule has 11 heavy (non-hydrogen) atoms. The van der Waals surface area contributed by atoms with Gasteiger partial charge in [-0.25, -0.2) is 4.39 Å². The third-order valence-electron chi connectivity index (χ3n) is 2.87. The molecule has 62 valence electrons. The molecule has 0 aromatic heterocycles. The molecule has 1 heterocycles. The highest BCUT2D eigenvalue weighted by Crippen LogP contribution is 2.58. The summed E-state index contributed by atoms with van der Waals surface area (Å²) in [4.78, 5) is 10.9. The summed E-state index contributed by atoms with van der Waals surface area (Å²) < 4.78 is 13.4. The molecule has 0 spiro atoms. The summed E-state index contributed by atoms with van der Waals surface area (Å²) in [5, 5.41) is 11.1. The predicted molar refractivity (Wildman–Crippen MR) is 35.5 cm³/mol. The number of halogens is 1. The van der Waals surface area contributed by atoms with Crippen molar-refractivity contribution in [1.82, 2.24) is 5.32 Å². The standard InChI is InChI=1S/C7H10FNO2/c1-3-5-4(2-10)9-6(11)7(3,5)8/h3-5,10H,2H2,1H3,(H,9,11)/t3-,4-,5-,7+/m1/s1. The van der Waals surface area contributed by atoms with Crippen LogP contribution in [0.4, 0.5) is 4.39 Å². The zero-order chi connectivity index (χ0) is 8.22. The first-order chi connectivity index (χ1) is 5.12. The van der Waals surface area contributed by atoms with Crippen molar-refractivity contribution in [3.05, 3.63) is 0 Å². The number of aliphatic hydroxyl groups excluding tert-OH is 1. The molecule has 2 aliphatic rings. The van der Waals surface area contributed by atoms with Crippen LogP contribution in [0.5, 0.6) is 0 Å². The van der Waals surface area contributed by atoms with Gasteiger partial charge in [-0.1, -0.05) is 6.92 Å². The Bertz CT molecular complexity index is 220. The molecule has 0 aromatic rings. The van der Waals surface area contributed by atoms with Gasteiger partial charge >= 0.3 is 0 Å². The van der Waals surface area contributed by atoms with Crippen LogP contribution in [0.2, 0.25) is 0 Å². The summed E-state index contributed by atoms with van der Waals surface area (Å²) >= 11 is 0. The molecule has 3 nitrogen and oxygen atoms in total. The van der Waals surface area contributed by atoms with Crippen molar-refractivity contribution < 1.29 is 14.3 Å². The highest BCUT2D eigenvalue weighted by Gasteiger charge is 2.75. The van der Waals surface area contributed by atoms with Crippen LogP contribution in [0.3, 0.4) is 0 Å². The fraction of sp³-hybridized carbons (Fsp3) is 0.857. The monoisotopic (exact) mass is 159 g/mol. The SMILES string of the molecule is C[C@@H]1[C@@H]2[C@@H](CO)NC(=O)[C@@]21F. The molecule has 1 amide bonds. The number of rotatable bonds is 1. The molecule has 0 unspecified atom stereocenters. The molecule has 1 saturated heterocycles. The average molecular weight is 159 g/mol. The van der Waals surface area contributed by atoms with E-state index in [0.29, 0.717) is 0 Å². The number of carbonyl (C=O) groups is 1. The van der Waals surface area contributed by atoms with E-state index < -0.39 is 11.6 Å². The van der Waals surface area contributed by atoms with E-state index in [1.807, 2.05) is 0 Å². The molecule has 0 bridgehead atoms. The minimum absolute atomic E-state index is 0.160. The first-order valence-corrected chi connectivity index (χ1v) is 3.73. The third-order valence-corrected chi connectivity index (χ3v) is 2.87. The smallest absolute Gasteiger partial charge is 0.258 e. The topological polar surface area (TPSA) is 49.3 Å². The Kier molecular flexibility index (Phi) is 1.12. The minimum atomic E-state index is -1.66. The highest BCUT2D eigenvalue weighted by atomic mass is 19.1. The van der Waals surface area contributed by atoms with Crippen molar-refractivity contribution in [3.8, 4) is 0 Å². The van der Waals surface area contributed by atoms with Crippen LogP contribution in [0.25, 0.3) is 0 Å². The second kappa shape index (κ2) is 1.75. The molecule has 0 aromatic carbocycles. The number of nitrogens with one attached hydrogen (secondary N) is 1. The summed E-state index contributed by atoms with van der Waals surface area (Å²) in [5.74, 6) is -1.05. The molecule has 4 atom stereocenters. The van der Waals surface area contributed by atoms with Crippen molar-refractivity contribution in [1.29, 1.82) is 0 Å². The lowest BCUT2D eigenvalue weighted by molar-refractivity contribution is -0.126. The normalized spacial score (nSPS) is 53.7. The van der Waals surface area contributed by atoms with Gasteiger partial charge in [-0.05, 0) is 0 Å². The van der Waals surface area contributed by atoms with E-state index in [-0.39, 0.29) is 24.5 Å². The predicted octanol–water partition coefficient (Wildman–Crippen LogP) is -0.549. The average Bonchev–Trinajstić information content (AvgIpc) is 2.38. The maximum Gasteiger partial charge on any atom is 0.258 e. The van der Waals surface area contributed by atoms with Crippen molar-refractivity contribution in [3.63, 3.8) is 0 Å². The van der Waals surface area contributed by atoms with E-state index in [9.17, 15) is 9.18 Å². The zero-order valence-corrected chi connectivity index (χ0v) is 6.17. The molecule has 2 N–H and O–H groups in total. The second-order valence-electron chi connectivity index (χ2n) is 3.35. The largest absolute Gasteiger partial charge is 0.394 e. The van der Waals surface area contributed by atoms with Crippen LogP contribution in [0.1, 0.15) is 6.92 Å². The number of hydrogen-bond acceptors (Lipinski definition) is 2. The molecular weight excluding hydrogens is 149 g/mol. The molecule has 1 aliphatic carbocycles. The molecular formula is C7H10FNO2. The molecule has 0 radical (unpaired) electrons. The molecule has 1 saturated carbocycles. The van der Waals surface area contributed by atoms with Crippen molar-refractivity contribution >= 4 is 5.91 Å². The first-order valence-electron chi connectivity index (χ1n) is 3.73. The number of piperidine rings is 1. The maximum absolute atomic E-state index is 13.4. The van der Waals surface area contributed by atoms with Gasteiger partial charge in [0.2, 0.25) is 0 Å². The number of carbonyl (C=O) groups excluding carboxylic acids is 1. The Balaban J connectivity index is 2.23. The van der Waals surface area contributed by atoms with Crippen LogP contribution < -0.4 is 5.32 Å². The van der Waals surface area contributed by atoms with E-state index in [1.54, 1.807) is 6.92 Å². The summed E-state index contributed by atoms with van der Waals surface area (Å²) in [6.07, 6.45) is 0. The maximum atomic E-state index is 13.4. The second-order valence-corrected chi connectivity index (χ2v) is 3.35. The van der Waals surface area contributed by atoms with Gasteiger partial charge in [-0.15, -0.1) is 0 Å². The number of hydrogen-bond donors (Lipinski definition) is 2. The Labute approximate surface area is 63.6 Å². The van der Waals surface area contributed by atoms with Gasteiger partial charge in [0.15, 0.2) is 5.67 Å². The van der Waals surface area contributed by atoms with Gasteiger partial charge < -0.3 is 10.4 Å². The van der Waals surface area contributed by atoms with Gasteiger partial charge in [-0.3, -0.25) is 4.79 Å². The Morgan fingerprint density at radius 2 is 2.45 bits per heavy atom. The van der Waals surface area contributed by atoms with Crippen LogP contribution >= 0.6 is 0 Å². The zero-order valence-electron chi connectivity index (χ0n) is 6.17. The van der Waals surface area contributed by atoms with E-state index in [4.69, 9.17) is 5.11 Å². The molecule has 4 heteroatoms. The lowest BCUT2D eigenvalue weighted by Crippen LogP contribution is -2.36. The fourth-order valence-corrected chi connectivity index (χ4v) is 2.08. The van der Waals surface area contributed by atoms with Gasteiger partial charge in [0.25, 0.3) is 5.91 Å². The van der Waals surface area contributed by atoms with Gasteiger partial charge in [0.05, 0.1) is 12.6 Å². The quantitative estimate of drug-likeness (QED) is 0.539. The first kappa shape index (κ1) is 7.03. The van der Waals surface area contributed by atoms with Crippen LogP contribution in [-0.4, -0.2) is 29.3 Å². The number of fused-ring (bicyclic) bond motifs is 1. The van der Waals surface area contributed by atoms with Crippen molar-refractivity contribution in [2.45, 2.75) is 18.6 Å². The highest BCUT2D eigenvalue weighted by molar-refractivity contribution is 5.93. The number of alkyl halides is 1.